The van der Waals surface area contributed by atoms with Crippen LogP contribution in [0.5, 0.6) is 5.75 Å². The molecule has 28 heavy (non-hydrogen) atoms. The Morgan fingerprint density at radius 2 is 1.75 bits per heavy atom. The average Bonchev–Trinajstić information content (AvgIpc) is 2.77. The first kappa shape index (κ1) is 18.3. The van der Waals surface area contributed by atoms with E-state index >= 15 is 0 Å². The zero-order valence-corrected chi connectivity index (χ0v) is 16.1. The monoisotopic (exact) mass is 389 g/mol. The molecule has 1 unspecified atom stereocenters. The van der Waals surface area contributed by atoms with Crippen LogP contribution < -0.4 is 9.46 Å². The van der Waals surface area contributed by atoms with Crippen molar-refractivity contribution in [2.24, 2.45) is 0 Å². The number of nitrogens with zero attached hydrogens (tertiary/aromatic N) is 2. The summed E-state index contributed by atoms with van der Waals surface area (Å²) < 4.78 is 21.1. The number of benzene rings is 2. The number of hydrogen-bond donors (Lipinski definition) is 1. The molecule has 4 rings (SSSR count). The molecule has 140 valence electrons. The molecular formula is C22H19N3O2S. The maximum absolute atomic E-state index is 12.7. The lowest BCUT2D eigenvalue weighted by Gasteiger charge is -2.09. The molecule has 0 spiro atoms. The number of aromatic nitrogens is 2. The van der Waals surface area contributed by atoms with E-state index in [-0.39, 0.29) is 0 Å². The normalized spacial score (nSPS) is 12.0. The van der Waals surface area contributed by atoms with Gasteiger partial charge in [-0.15, -0.1) is 0 Å². The van der Waals surface area contributed by atoms with Crippen LogP contribution in [0, 0.1) is 0 Å². The molecule has 0 saturated heterocycles. The molecule has 0 aliphatic carbocycles. The van der Waals surface area contributed by atoms with Crippen LogP contribution in [0.1, 0.15) is 5.69 Å². The molecular weight excluding hydrogens is 370 g/mol. The van der Waals surface area contributed by atoms with E-state index in [0.717, 1.165) is 27.1 Å². The van der Waals surface area contributed by atoms with Gasteiger partial charge in [0.2, 0.25) is 0 Å². The van der Waals surface area contributed by atoms with Crippen molar-refractivity contribution >= 4 is 21.8 Å². The maximum Gasteiger partial charge on any atom is 0.125 e. The largest absolute Gasteiger partial charge is 0.497 e. The van der Waals surface area contributed by atoms with Gasteiger partial charge in [-0.05, 0) is 35.0 Å². The molecule has 0 aliphatic rings. The van der Waals surface area contributed by atoms with Crippen LogP contribution in [-0.4, -0.2) is 21.3 Å². The van der Waals surface area contributed by atoms with Gasteiger partial charge in [-0.1, -0.05) is 36.4 Å². The summed E-state index contributed by atoms with van der Waals surface area (Å²) in [6.07, 6.45) is 1.73. The van der Waals surface area contributed by atoms with Crippen molar-refractivity contribution in [3.8, 4) is 17.1 Å². The summed E-state index contributed by atoms with van der Waals surface area (Å²) in [4.78, 5) is 9.69. The Hall–Kier alpha value is -3.09. The molecule has 2 aromatic heterocycles. The first-order valence-corrected chi connectivity index (χ1v) is 9.98. The number of rotatable bonds is 6. The summed E-state index contributed by atoms with van der Waals surface area (Å²) in [6, 6.07) is 23.2. The molecule has 0 amide bonds. The summed E-state index contributed by atoms with van der Waals surface area (Å²) in [6.45, 7) is 0.344. The van der Waals surface area contributed by atoms with Crippen molar-refractivity contribution < 1.29 is 8.95 Å². The van der Waals surface area contributed by atoms with Crippen molar-refractivity contribution in [1.82, 2.24) is 14.7 Å². The average molecular weight is 389 g/mol. The van der Waals surface area contributed by atoms with Gasteiger partial charge in [-0.3, -0.25) is 4.98 Å². The minimum absolute atomic E-state index is 0.344. The molecule has 1 N–H and O–H groups in total. The first-order chi connectivity index (χ1) is 13.7. The van der Waals surface area contributed by atoms with Gasteiger partial charge in [-0.2, -0.15) is 0 Å². The van der Waals surface area contributed by atoms with E-state index < -0.39 is 11.0 Å². The molecule has 0 bridgehead atoms. The zero-order valence-electron chi connectivity index (χ0n) is 15.3. The van der Waals surface area contributed by atoms with Crippen LogP contribution in [0.15, 0.2) is 83.9 Å². The Morgan fingerprint density at radius 1 is 0.929 bits per heavy atom. The third kappa shape index (κ3) is 4.08. The van der Waals surface area contributed by atoms with Crippen LogP contribution in [-0.2, 0) is 17.5 Å². The van der Waals surface area contributed by atoms with Crippen LogP contribution in [0.4, 0.5) is 0 Å². The van der Waals surface area contributed by atoms with E-state index in [4.69, 9.17) is 4.74 Å². The molecule has 0 radical (unpaired) electrons. The molecule has 5 nitrogen and oxygen atoms in total. The zero-order chi connectivity index (χ0) is 19.3. The Labute approximate surface area is 166 Å². The SMILES string of the molecule is COc1cc(CNS(=O)c2ccc3ccccc3c2)nc(-c2ccccn2)c1. The third-order valence-corrected chi connectivity index (χ3v) is 5.42. The highest BCUT2D eigenvalue weighted by Gasteiger charge is 2.09. The highest BCUT2D eigenvalue weighted by molar-refractivity contribution is 7.83. The fourth-order valence-corrected chi connectivity index (χ4v) is 3.79. The molecule has 2 aromatic carbocycles. The lowest BCUT2D eigenvalue weighted by atomic mass is 10.1. The lowest BCUT2D eigenvalue weighted by molar-refractivity contribution is 0.413. The molecule has 1 atom stereocenters. The van der Waals surface area contributed by atoms with E-state index in [1.165, 1.54) is 0 Å². The number of methoxy groups -OCH3 is 1. The highest BCUT2D eigenvalue weighted by atomic mass is 32.2. The van der Waals surface area contributed by atoms with E-state index in [0.29, 0.717) is 18.0 Å². The minimum Gasteiger partial charge on any atom is -0.497 e. The molecule has 2 heterocycles. The van der Waals surface area contributed by atoms with Gasteiger partial charge in [0, 0.05) is 18.3 Å². The maximum atomic E-state index is 12.7. The van der Waals surface area contributed by atoms with Crippen LogP contribution >= 0.6 is 0 Å². The van der Waals surface area contributed by atoms with Crippen molar-refractivity contribution in [3.05, 3.63) is 84.7 Å². The smallest absolute Gasteiger partial charge is 0.125 e. The summed E-state index contributed by atoms with van der Waals surface area (Å²) in [7, 11) is 0.267. The molecule has 0 fully saturated rings. The lowest BCUT2D eigenvalue weighted by Crippen LogP contribution is -2.17. The summed E-state index contributed by atoms with van der Waals surface area (Å²) in [5.41, 5.74) is 2.21. The molecule has 0 aliphatic heterocycles. The molecule has 6 heteroatoms. The van der Waals surface area contributed by atoms with Gasteiger partial charge in [0.05, 0.1) is 35.6 Å². The summed E-state index contributed by atoms with van der Waals surface area (Å²) >= 11 is 0. The third-order valence-electron chi connectivity index (χ3n) is 4.33. The van der Waals surface area contributed by atoms with E-state index in [1.807, 2.05) is 72.8 Å². The number of fused-ring (bicyclic) bond motifs is 1. The number of ether oxygens (including phenoxy) is 1. The summed E-state index contributed by atoms with van der Waals surface area (Å²) in [5.74, 6) is 0.684. The van der Waals surface area contributed by atoms with E-state index in [9.17, 15) is 4.21 Å². The minimum atomic E-state index is -1.35. The van der Waals surface area contributed by atoms with Crippen LogP contribution in [0.2, 0.25) is 0 Å². The van der Waals surface area contributed by atoms with Crippen LogP contribution in [0.25, 0.3) is 22.2 Å². The van der Waals surface area contributed by atoms with Gasteiger partial charge < -0.3 is 4.74 Å². The van der Waals surface area contributed by atoms with Gasteiger partial charge in [0.25, 0.3) is 0 Å². The van der Waals surface area contributed by atoms with Crippen molar-refractivity contribution in [2.45, 2.75) is 11.4 Å². The number of hydrogen-bond acceptors (Lipinski definition) is 4. The predicted molar refractivity (Wildman–Crippen MR) is 111 cm³/mol. The van der Waals surface area contributed by atoms with E-state index in [2.05, 4.69) is 14.7 Å². The topological polar surface area (TPSA) is 64.1 Å². The fourth-order valence-electron chi connectivity index (χ4n) is 2.92. The van der Waals surface area contributed by atoms with Gasteiger partial charge in [0.1, 0.15) is 16.7 Å². The number of pyridine rings is 2. The van der Waals surface area contributed by atoms with Gasteiger partial charge >= 0.3 is 0 Å². The molecule has 4 aromatic rings. The van der Waals surface area contributed by atoms with Crippen LogP contribution in [0.3, 0.4) is 0 Å². The van der Waals surface area contributed by atoms with Crippen molar-refractivity contribution in [3.63, 3.8) is 0 Å². The second-order valence-electron chi connectivity index (χ2n) is 6.20. The van der Waals surface area contributed by atoms with E-state index in [1.54, 1.807) is 13.3 Å². The second-order valence-corrected chi connectivity index (χ2v) is 7.49. The Morgan fingerprint density at radius 3 is 2.54 bits per heavy atom. The quantitative estimate of drug-likeness (QED) is 0.539. The summed E-state index contributed by atoms with van der Waals surface area (Å²) in [5, 5.41) is 2.19. The Kier molecular flexibility index (Phi) is 5.41. The molecule has 0 saturated carbocycles. The predicted octanol–water partition coefficient (Wildman–Crippen LogP) is 4.12. The van der Waals surface area contributed by atoms with Crippen molar-refractivity contribution in [2.75, 3.05) is 7.11 Å². The standard InChI is InChI=1S/C22H19N3O2S/c1-27-19-13-18(25-22(14-19)21-8-4-5-11-23-21)15-24-28(26)20-10-9-16-6-2-3-7-17(16)12-20/h2-14,24H,15H2,1H3. The Balaban J connectivity index is 1.54. The van der Waals surface area contributed by atoms with Gasteiger partial charge in [-0.25, -0.2) is 13.9 Å². The fraction of sp³-hybridized carbons (Fsp3) is 0.0909. The second kappa shape index (κ2) is 8.29. The van der Waals surface area contributed by atoms with Gasteiger partial charge in [0.15, 0.2) is 0 Å². The highest BCUT2D eigenvalue weighted by Crippen LogP contribution is 2.22. The number of nitrogens with one attached hydrogen (secondary N) is 1. The first-order valence-electron chi connectivity index (χ1n) is 8.83. The van der Waals surface area contributed by atoms with Crippen molar-refractivity contribution in [1.29, 1.82) is 0 Å². The Bertz CT molecular complexity index is 1130.